The molecule has 1 fully saturated rings. The van der Waals surface area contributed by atoms with Crippen LogP contribution >= 0.6 is 11.8 Å². The van der Waals surface area contributed by atoms with E-state index in [1.54, 1.807) is 10.6 Å². The lowest BCUT2D eigenvalue weighted by Crippen LogP contribution is -2.43. The fourth-order valence-corrected chi connectivity index (χ4v) is 5.09. The van der Waals surface area contributed by atoms with E-state index in [1.807, 2.05) is 49.1 Å². The van der Waals surface area contributed by atoms with Crippen molar-refractivity contribution < 1.29 is 4.79 Å². The molecule has 0 N–H and O–H groups in total. The molecule has 0 aliphatic carbocycles. The maximum Gasteiger partial charge on any atom is 0.266 e. The summed E-state index contributed by atoms with van der Waals surface area (Å²) in [4.78, 5) is 33.0. The van der Waals surface area contributed by atoms with Crippen LogP contribution in [-0.4, -0.2) is 38.7 Å². The Morgan fingerprint density at radius 3 is 2.60 bits per heavy atom. The second-order valence-corrected chi connectivity index (χ2v) is 9.06. The molecule has 6 heteroatoms. The van der Waals surface area contributed by atoms with E-state index in [-0.39, 0.29) is 23.3 Å². The standard InChI is InChI=1S/C24H27N3O2S/c1-16-12-17(2)14-19(13-16)27-23(29)20-9-4-5-10-21(20)25-24(27)30-15-22(28)26-11-7-6-8-18(26)3/h4-5,9-10,12-14,18H,6-8,11,15H2,1-3H3/t18-/m0/s1. The molecule has 0 unspecified atom stereocenters. The average molecular weight is 422 g/mol. The number of likely N-dealkylation sites (tertiary alicyclic amines) is 1. The minimum absolute atomic E-state index is 0.105. The smallest absolute Gasteiger partial charge is 0.266 e. The fraction of sp³-hybridized carbons (Fsp3) is 0.375. The molecule has 1 aliphatic rings. The van der Waals surface area contributed by atoms with Gasteiger partial charge in [0.15, 0.2) is 5.16 Å². The Bertz CT molecular complexity index is 1130. The number of benzene rings is 2. The van der Waals surface area contributed by atoms with Crippen molar-refractivity contribution in [3.05, 3.63) is 63.9 Å². The van der Waals surface area contributed by atoms with Crippen molar-refractivity contribution in [2.45, 2.75) is 51.2 Å². The van der Waals surface area contributed by atoms with Gasteiger partial charge >= 0.3 is 0 Å². The lowest BCUT2D eigenvalue weighted by atomic mass is 10.0. The van der Waals surface area contributed by atoms with Crippen molar-refractivity contribution in [3.63, 3.8) is 0 Å². The molecule has 0 saturated carbocycles. The molecular weight excluding hydrogens is 394 g/mol. The summed E-state index contributed by atoms with van der Waals surface area (Å²) in [5.74, 6) is 0.390. The summed E-state index contributed by atoms with van der Waals surface area (Å²) in [6.07, 6.45) is 3.29. The van der Waals surface area contributed by atoms with Gasteiger partial charge in [-0.15, -0.1) is 0 Å². The number of hydrogen-bond donors (Lipinski definition) is 0. The number of hydrogen-bond acceptors (Lipinski definition) is 4. The summed E-state index contributed by atoms with van der Waals surface area (Å²) in [5, 5.41) is 1.14. The molecule has 0 bridgehead atoms. The Morgan fingerprint density at radius 2 is 1.87 bits per heavy atom. The number of rotatable bonds is 4. The van der Waals surface area contributed by atoms with Gasteiger partial charge in [0.25, 0.3) is 5.56 Å². The van der Waals surface area contributed by atoms with Gasteiger partial charge in [-0.05, 0) is 75.4 Å². The van der Waals surface area contributed by atoms with E-state index >= 15 is 0 Å². The van der Waals surface area contributed by atoms with Gasteiger partial charge in [0, 0.05) is 12.6 Å². The predicted molar refractivity (Wildman–Crippen MR) is 123 cm³/mol. The van der Waals surface area contributed by atoms with Crippen LogP contribution < -0.4 is 5.56 Å². The average Bonchev–Trinajstić information content (AvgIpc) is 2.71. The van der Waals surface area contributed by atoms with Gasteiger partial charge in [0.2, 0.25) is 5.91 Å². The van der Waals surface area contributed by atoms with Crippen molar-refractivity contribution in [2.75, 3.05) is 12.3 Å². The van der Waals surface area contributed by atoms with Crippen molar-refractivity contribution >= 4 is 28.6 Å². The third kappa shape index (κ3) is 4.15. The highest BCUT2D eigenvalue weighted by molar-refractivity contribution is 7.99. The maximum atomic E-state index is 13.4. The molecule has 1 amide bonds. The van der Waals surface area contributed by atoms with E-state index in [2.05, 4.69) is 13.0 Å². The number of thioether (sulfide) groups is 1. The van der Waals surface area contributed by atoms with E-state index in [4.69, 9.17) is 4.98 Å². The number of fused-ring (bicyclic) bond motifs is 1. The minimum Gasteiger partial charge on any atom is -0.339 e. The molecule has 156 valence electrons. The second kappa shape index (κ2) is 8.64. The van der Waals surface area contributed by atoms with Crippen molar-refractivity contribution in [3.8, 4) is 5.69 Å². The van der Waals surface area contributed by atoms with Crippen LogP contribution in [0.5, 0.6) is 0 Å². The number of aryl methyl sites for hydroxylation is 2. The zero-order valence-electron chi connectivity index (χ0n) is 17.7. The van der Waals surface area contributed by atoms with Crippen LogP contribution in [0.25, 0.3) is 16.6 Å². The van der Waals surface area contributed by atoms with Crippen LogP contribution in [0.3, 0.4) is 0 Å². The molecule has 30 heavy (non-hydrogen) atoms. The summed E-state index contributed by atoms with van der Waals surface area (Å²) >= 11 is 1.35. The number of aromatic nitrogens is 2. The van der Waals surface area contributed by atoms with E-state index in [0.29, 0.717) is 16.1 Å². The van der Waals surface area contributed by atoms with Gasteiger partial charge in [-0.3, -0.25) is 14.2 Å². The number of para-hydroxylation sites is 1. The summed E-state index contributed by atoms with van der Waals surface area (Å²) < 4.78 is 1.65. The SMILES string of the molecule is Cc1cc(C)cc(-n2c(SCC(=O)N3CCCC[C@@H]3C)nc3ccccc3c2=O)c1. The van der Waals surface area contributed by atoms with Crippen molar-refractivity contribution in [1.29, 1.82) is 0 Å². The molecule has 1 saturated heterocycles. The van der Waals surface area contributed by atoms with Crippen LogP contribution in [0, 0.1) is 13.8 Å². The molecular formula is C24H27N3O2S. The summed E-state index contributed by atoms with van der Waals surface area (Å²) in [5.41, 5.74) is 3.51. The molecule has 1 atom stereocenters. The van der Waals surface area contributed by atoms with Gasteiger partial charge in [-0.2, -0.15) is 0 Å². The van der Waals surface area contributed by atoms with E-state index < -0.39 is 0 Å². The minimum atomic E-state index is -0.105. The third-order valence-corrected chi connectivity index (χ3v) is 6.58. The topological polar surface area (TPSA) is 55.2 Å². The number of carbonyl (C=O) groups excluding carboxylic acids is 1. The predicted octanol–water partition coefficient (Wildman–Crippen LogP) is 4.50. The number of piperidine rings is 1. The second-order valence-electron chi connectivity index (χ2n) is 8.12. The first-order valence-electron chi connectivity index (χ1n) is 10.5. The van der Waals surface area contributed by atoms with Crippen LogP contribution in [0.4, 0.5) is 0 Å². The Labute approximate surface area is 181 Å². The highest BCUT2D eigenvalue weighted by Gasteiger charge is 2.24. The highest BCUT2D eigenvalue weighted by Crippen LogP contribution is 2.24. The van der Waals surface area contributed by atoms with Crippen LogP contribution in [-0.2, 0) is 4.79 Å². The monoisotopic (exact) mass is 421 g/mol. The lowest BCUT2D eigenvalue weighted by Gasteiger charge is -2.33. The fourth-order valence-electron chi connectivity index (χ4n) is 4.19. The quantitative estimate of drug-likeness (QED) is 0.460. The van der Waals surface area contributed by atoms with Crippen molar-refractivity contribution in [1.82, 2.24) is 14.5 Å². The molecule has 2 aromatic carbocycles. The largest absolute Gasteiger partial charge is 0.339 e. The Balaban J connectivity index is 1.74. The first kappa shape index (κ1) is 20.7. The van der Waals surface area contributed by atoms with E-state index in [1.165, 1.54) is 18.2 Å². The lowest BCUT2D eigenvalue weighted by molar-refractivity contribution is -0.131. The number of carbonyl (C=O) groups is 1. The van der Waals surface area contributed by atoms with Gasteiger partial charge < -0.3 is 4.90 Å². The van der Waals surface area contributed by atoms with E-state index in [9.17, 15) is 9.59 Å². The molecule has 3 aromatic rings. The highest BCUT2D eigenvalue weighted by atomic mass is 32.2. The summed E-state index contributed by atoms with van der Waals surface area (Å²) in [6.45, 7) is 6.96. The maximum absolute atomic E-state index is 13.4. The summed E-state index contributed by atoms with van der Waals surface area (Å²) in [6, 6.07) is 13.7. The Kier molecular flexibility index (Phi) is 5.95. The molecule has 0 radical (unpaired) electrons. The Morgan fingerprint density at radius 1 is 1.13 bits per heavy atom. The van der Waals surface area contributed by atoms with Crippen LogP contribution in [0.15, 0.2) is 52.4 Å². The summed E-state index contributed by atoms with van der Waals surface area (Å²) in [7, 11) is 0. The van der Waals surface area contributed by atoms with Crippen molar-refractivity contribution in [2.24, 2.45) is 0 Å². The number of amides is 1. The van der Waals surface area contributed by atoms with Gasteiger partial charge in [-0.25, -0.2) is 4.98 Å². The molecule has 4 rings (SSSR count). The molecule has 1 aromatic heterocycles. The molecule has 0 spiro atoms. The molecule has 1 aliphatic heterocycles. The first-order valence-corrected chi connectivity index (χ1v) is 11.5. The number of nitrogens with zero attached hydrogens (tertiary/aromatic N) is 3. The zero-order valence-corrected chi connectivity index (χ0v) is 18.5. The molecule has 2 heterocycles. The Hall–Kier alpha value is -2.60. The van der Waals surface area contributed by atoms with Crippen LogP contribution in [0.2, 0.25) is 0 Å². The van der Waals surface area contributed by atoms with Gasteiger partial charge in [0.05, 0.1) is 22.3 Å². The van der Waals surface area contributed by atoms with E-state index in [0.717, 1.165) is 36.2 Å². The normalized spacial score (nSPS) is 16.8. The zero-order chi connectivity index (χ0) is 21.3. The first-order chi connectivity index (χ1) is 14.4. The molecule has 5 nitrogen and oxygen atoms in total. The van der Waals surface area contributed by atoms with Gasteiger partial charge in [0.1, 0.15) is 0 Å². The van der Waals surface area contributed by atoms with Gasteiger partial charge in [-0.1, -0.05) is 30.0 Å². The van der Waals surface area contributed by atoms with Crippen LogP contribution in [0.1, 0.15) is 37.3 Å². The third-order valence-electron chi connectivity index (χ3n) is 5.66.